The van der Waals surface area contributed by atoms with Crippen molar-refractivity contribution in [1.29, 1.82) is 0 Å². The molecule has 0 unspecified atom stereocenters. The summed E-state index contributed by atoms with van der Waals surface area (Å²) in [6, 6.07) is 6.11. The van der Waals surface area contributed by atoms with E-state index in [2.05, 4.69) is 24.5 Å². The van der Waals surface area contributed by atoms with E-state index in [0.717, 1.165) is 18.0 Å². The van der Waals surface area contributed by atoms with Gasteiger partial charge in [-0.05, 0) is 18.2 Å². The molecule has 2 N–H and O–H groups in total. The summed E-state index contributed by atoms with van der Waals surface area (Å²) < 4.78 is 10.9. The maximum Gasteiger partial charge on any atom is 0.161 e. The number of rotatable bonds is 2. The van der Waals surface area contributed by atoms with Crippen molar-refractivity contribution in [3.05, 3.63) is 23.8 Å². The van der Waals surface area contributed by atoms with Crippen molar-refractivity contribution in [1.82, 2.24) is 0 Å². The van der Waals surface area contributed by atoms with Gasteiger partial charge in [0.05, 0.1) is 7.05 Å². The van der Waals surface area contributed by atoms with Crippen LogP contribution in [0.4, 0.5) is 0 Å². The standard InChI is InChI=1S/C10H13NO2/c1-11-7-8-2-3-9-10(6-8)13-5-4-12-9/h2-3,6,11H,4-5,7H2,1H3/p+1. The molecule has 0 fully saturated rings. The summed E-state index contributed by atoms with van der Waals surface area (Å²) in [6.45, 7) is 2.30. The van der Waals surface area contributed by atoms with E-state index in [9.17, 15) is 0 Å². The van der Waals surface area contributed by atoms with Crippen LogP contribution in [0.2, 0.25) is 0 Å². The van der Waals surface area contributed by atoms with Crippen LogP contribution < -0.4 is 14.8 Å². The van der Waals surface area contributed by atoms with Crippen LogP contribution in [0, 0.1) is 0 Å². The Bertz CT molecular complexity index is 299. The molecule has 0 saturated heterocycles. The molecule has 0 aliphatic carbocycles. The average Bonchev–Trinajstić information content (AvgIpc) is 2.18. The van der Waals surface area contributed by atoms with Crippen LogP contribution in [0.5, 0.6) is 11.5 Å². The van der Waals surface area contributed by atoms with Crippen molar-refractivity contribution in [2.45, 2.75) is 6.54 Å². The van der Waals surface area contributed by atoms with Gasteiger partial charge in [0.25, 0.3) is 0 Å². The quantitative estimate of drug-likeness (QED) is 0.703. The Labute approximate surface area is 77.7 Å². The highest BCUT2D eigenvalue weighted by Crippen LogP contribution is 2.30. The second-order valence-corrected chi connectivity index (χ2v) is 3.09. The molecule has 0 aromatic heterocycles. The summed E-state index contributed by atoms with van der Waals surface area (Å²) in [5.74, 6) is 1.75. The third-order valence-corrected chi connectivity index (χ3v) is 2.05. The van der Waals surface area contributed by atoms with Gasteiger partial charge in [-0.1, -0.05) is 0 Å². The number of quaternary nitrogens is 1. The highest BCUT2D eigenvalue weighted by molar-refractivity contribution is 5.43. The first kappa shape index (κ1) is 8.38. The third-order valence-electron chi connectivity index (χ3n) is 2.05. The van der Waals surface area contributed by atoms with Crippen molar-refractivity contribution in [3.8, 4) is 11.5 Å². The van der Waals surface area contributed by atoms with Gasteiger partial charge in [-0.3, -0.25) is 0 Å². The zero-order valence-corrected chi connectivity index (χ0v) is 7.75. The van der Waals surface area contributed by atoms with E-state index in [4.69, 9.17) is 9.47 Å². The summed E-state index contributed by atoms with van der Waals surface area (Å²) in [4.78, 5) is 0. The van der Waals surface area contributed by atoms with Gasteiger partial charge >= 0.3 is 0 Å². The minimum absolute atomic E-state index is 0.659. The van der Waals surface area contributed by atoms with Crippen LogP contribution in [0.15, 0.2) is 18.2 Å². The lowest BCUT2D eigenvalue weighted by atomic mass is 10.2. The van der Waals surface area contributed by atoms with Gasteiger partial charge < -0.3 is 14.8 Å². The molecule has 0 atom stereocenters. The Kier molecular flexibility index (Phi) is 2.36. The zero-order chi connectivity index (χ0) is 9.10. The minimum atomic E-state index is 0.659. The van der Waals surface area contributed by atoms with E-state index < -0.39 is 0 Å². The summed E-state index contributed by atoms with van der Waals surface area (Å²) in [5.41, 5.74) is 1.27. The molecule has 0 amide bonds. The molecule has 3 heteroatoms. The van der Waals surface area contributed by atoms with E-state index in [-0.39, 0.29) is 0 Å². The molecule has 0 bridgehead atoms. The summed E-state index contributed by atoms with van der Waals surface area (Å²) in [5, 5.41) is 2.13. The van der Waals surface area contributed by atoms with Gasteiger partial charge in [0, 0.05) is 5.56 Å². The lowest BCUT2D eigenvalue weighted by Crippen LogP contribution is -2.77. The summed E-state index contributed by atoms with van der Waals surface area (Å²) in [7, 11) is 2.05. The van der Waals surface area contributed by atoms with E-state index in [1.165, 1.54) is 5.56 Å². The first-order valence-electron chi connectivity index (χ1n) is 4.56. The van der Waals surface area contributed by atoms with Gasteiger partial charge in [-0.2, -0.15) is 0 Å². The largest absolute Gasteiger partial charge is 0.486 e. The lowest BCUT2D eigenvalue weighted by molar-refractivity contribution is -0.643. The Morgan fingerprint density at radius 2 is 2.00 bits per heavy atom. The zero-order valence-electron chi connectivity index (χ0n) is 7.75. The minimum Gasteiger partial charge on any atom is -0.486 e. The number of fused-ring (bicyclic) bond motifs is 1. The Balaban J connectivity index is 2.24. The Morgan fingerprint density at radius 3 is 2.77 bits per heavy atom. The molecule has 2 rings (SSSR count). The number of hydrogen-bond donors (Lipinski definition) is 1. The highest BCUT2D eigenvalue weighted by Gasteiger charge is 2.11. The number of benzene rings is 1. The van der Waals surface area contributed by atoms with E-state index in [1.54, 1.807) is 0 Å². The van der Waals surface area contributed by atoms with E-state index >= 15 is 0 Å². The molecule has 3 nitrogen and oxygen atoms in total. The third kappa shape index (κ3) is 1.75. The van der Waals surface area contributed by atoms with Crippen molar-refractivity contribution in [3.63, 3.8) is 0 Å². The lowest BCUT2D eigenvalue weighted by Gasteiger charge is -2.18. The summed E-state index contributed by atoms with van der Waals surface area (Å²) >= 11 is 0. The van der Waals surface area contributed by atoms with Gasteiger partial charge in [-0.25, -0.2) is 0 Å². The van der Waals surface area contributed by atoms with Crippen LogP contribution in [0.1, 0.15) is 5.56 Å². The second-order valence-electron chi connectivity index (χ2n) is 3.09. The van der Waals surface area contributed by atoms with Crippen molar-refractivity contribution in [2.24, 2.45) is 0 Å². The van der Waals surface area contributed by atoms with Crippen LogP contribution >= 0.6 is 0 Å². The maximum atomic E-state index is 5.47. The van der Waals surface area contributed by atoms with Gasteiger partial charge in [0.2, 0.25) is 0 Å². The summed E-state index contributed by atoms with van der Waals surface area (Å²) in [6.07, 6.45) is 0. The van der Waals surface area contributed by atoms with Crippen LogP contribution in [0.25, 0.3) is 0 Å². The molecule has 13 heavy (non-hydrogen) atoms. The first-order valence-corrected chi connectivity index (χ1v) is 4.56. The van der Waals surface area contributed by atoms with Crippen molar-refractivity contribution < 1.29 is 14.8 Å². The van der Waals surface area contributed by atoms with Gasteiger partial charge in [0.1, 0.15) is 19.8 Å². The average molecular weight is 180 g/mol. The van der Waals surface area contributed by atoms with Crippen molar-refractivity contribution in [2.75, 3.05) is 20.3 Å². The fourth-order valence-electron chi connectivity index (χ4n) is 1.45. The Morgan fingerprint density at radius 1 is 1.23 bits per heavy atom. The van der Waals surface area contributed by atoms with Gasteiger partial charge in [-0.15, -0.1) is 0 Å². The van der Waals surface area contributed by atoms with Crippen LogP contribution in [-0.4, -0.2) is 20.3 Å². The molecule has 1 aromatic carbocycles. The molecular formula is C10H14NO2+. The molecule has 0 saturated carbocycles. The molecule has 0 radical (unpaired) electrons. The molecule has 1 aliphatic heterocycles. The highest BCUT2D eigenvalue weighted by atomic mass is 16.6. The number of ether oxygens (including phenoxy) is 2. The monoisotopic (exact) mass is 180 g/mol. The van der Waals surface area contributed by atoms with E-state index in [0.29, 0.717) is 13.2 Å². The smallest absolute Gasteiger partial charge is 0.161 e. The van der Waals surface area contributed by atoms with Crippen LogP contribution in [-0.2, 0) is 6.54 Å². The van der Waals surface area contributed by atoms with Crippen LogP contribution in [0.3, 0.4) is 0 Å². The number of hydrogen-bond acceptors (Lipinski definition) is 2. The van der Waals surface area contributed by atoms with E-state index in [1.807, 2.05) is 6.07 Å². The first-order chi connectivity index (χ1) is 6.40. The molecule has 70 valence electrons. The molecule has 1 aromatic rings. The fourth-order valence-corrected chi connectivity index (χ4v) is 1.45. The Hall–Kier alpha value is -1.22. The maximum absolute atomic E-state index is 5.47. The van der Waals surface area contributed by atoms with Crippen molar-refractivity contribution >= 4 is 0 Å². The van der Waals surface area contributed by atoms with Gasteiger partial charge in [0.15, 0.2) is 11.5 Å². The SMILES string of the molecule is C[NH2+]Cc1ccc2c(c1)OCCO2. The molecule has 1 heterocycles. The second kappa shape index (κ2) is 3.66. The number of nitrogens with two attached hydrogens (primary N) is 1. The molecular weight excluding hydrogens is 166 g/mol. The fraction of sp³-hybridized carbons (Fsp3) is 0.400. The predicted octanol–water partition coefficient (Wildman–Crippen LogP) is 0.151. The molecule has 0 spiro atoms. The molecule has 1 aliphatic rings. The normalized spacial score (nSPS) is 14.2. The predicted molar refractivity (Wildman–Crippen MR) is 49.0 cm³/mol. The topological polar surface area (TPSA) is 35.1 Å².